The van der Waals surface area contributed by atoms with Crippen molar-refractivity contribution in [1.29, 1.82) is 0 Å². The first-order valence-electron chi connectivity index (χ1n) is 8.75. The van der Waals surface area contributed by atoms with E-state index in [1.54, 1.807) is 0 Å². The maximum absolute atomic E-state index is 12.7. The molecule has 2 aliphatic heterocycles. The zero-order valence-electron chi connectivity index (χ0n) is 14.4. The number of hydrogen-bond acceptors (Lipinski definition) is 5. The third kappa shape index (κ3) is 3.49. The van der Waals surface area contributed by atoms with Crippen molar-refractivity contribution in [3.63, 3.8) is 0 Å². The van der Waals surface area contributed by atoms with Crippen LogP contribution in [0.5, 0.6) is 0 Å². The minimum Gasteiger partial charge on any atom is -0.372 e. The topological polar surface area (TPSA) is 67.4 Å². The van der Waals surface area contributed by atoms with Gasteiger partial charge in [-0.1, -0.05) is 6.07 Å². The minimum atomic E-state index is 0.114. The molecule has 6 heteroatoms. The fourth-order valence-electron chi connectivity index (χ4n) is 3.40. The second-order valence-electron chi connectivity index (χ2n) is 6.75. The summed E-state index contributed by atoms with van der Waals surface area (Å²) in [6.45, 7) is 4.70. The number of hydrogen-bond donors (Lipinski definition) is 1. The van der Waals surface area contributed by atoms with E-state index in [2.05, 4.69) is 15.5 Å². The lowest BCUT2D eigenvalue weighted by molar-refractivity contribution is 0.0718. The monoisotopic (exact) mass is 338 g/mol. The molecule has 0 bridgehead atoms. The van der Waals surface area contributed by atoms with Gasteiger partial charge in [0, 0.05) is 24.7 Å². The Hall–Kier alpha value is -2.47. The molecule has 1 N–H and O–H groups in total. The number of carbonyl (C=O) groups is 1. The number of rotatable bonds is 3. The van der Waals surface area contributed by atoms with Crippen molar-refractivity contribution < 1.29 is 9.53 Å². The fourth-order valence-corrected chi connectivity index (χ4v) is 3.40. The first kappa shape index (κ1) is 16.0. The number of aryl methyl sites for hydroxylation is 1. The molecule has 25 heavy (non-hydrogen) atoms. The number of nitrogens with one attached hydrogen (secondary N) is 1. The zero-order valence-corrected chi connectivity index (χ0v) is 14.4. The second-order valence-corrected chi connectivity index (χ2v) is 6.75. The van der Waals surface area contributed by atoms with Crippen molar-refractivity contribution in [2.45, 2.75) is 39.0 Å². The molecule has 1 amide bonds. The number of likely N-dealkylation sites (tertiary alicyclic amines) is 1. The predicted octanol–water partition coefficient (Wildman–Crippen LogP) is 2.53. The van der Waals surface area contributed by atoms with Crippen molar-refractivity contribution >= 4 is 11.7 Å². The molecule has 130 valence electrons. The molecular formula is C19H22N4O2. The van der Waals surface area contributed by atoms with Gasteiger partial charge in [-0.05, 0) is 55.2 Å². The predicted molar refractivity (Wildman–Crippen MR) is 94.3 cm³/mol. The van der Waals surface area contributed by atoms with Crippen LogP contribution in [0.25, 0.3) is 0 Å². The number of nitrogens with zero attached hydrogens (tertiary/aromatic N) is 3. The molecule has 6 nitrogen and oxygen atoms in total. The van der Waals surface area contributed by atoms with Crippen LogP contribution in [-0.4, -0.2) is 40.1 Å². The van der Waals surface area contributed by atoms with Crippen molar-refractivity contribution in [3.8, 4) is 0 Å². The summed E-state index contributed by atoms with van der Waals surface area (Å²) < 4.78 is 5.43. The van der Waals surface area contributed by atoms with Gasteiger partial charge in [-0.15, -0.1) is 5.10 Å². The zero-order chi connectivity index (χ0) is 17.2. The van der Waals surface area contributed by atoms with E-state index in [-0.39, 0.29) is 5.91 Å². The van der Waals surface area contributed by atoms with Crippen molar-refractivity contribution in [1.82, 2.24) is 15.1 Å². The summed E-state index contributed by atoms with van der Waals surface area (Å²) in [7, 11) is 0. The molecule has 1 saturated heterocycles. The number of anilines is 1. The van der Waals surface area contributed by atoms with Crippen molar-refractivity contribution in [2.75, 3.05) is 18.4 Å². The molecule has 2 aromatic rings. The molecule has 0 unspecified atom stereocenters. The average molecular weight is 338 g/mol. The molecule has 1 aromatic heterocycles. The standard InChI is InChI=1S/C19H22N4O2/c1-13-2-5-18(22-21-13)20-17-6-8-23(9-7-17)19(24)14-3-4-15-11-25-12-16(15)10-14/h2-5,10,17H,6-9,11-12H2,1H3,(H,20,22). The highest BCUT2D eigenvalue weighted by Gasteiger charge is 2.24. The number of amides is 1. The minimum absolute atomic E-state index is 0.114. The summed E-state index contributed by atoms with van der Waals surface area (Å²) in [6.07, 6.45) is 1.82. The molecule has 0 radical (unpaired) electrons. The van der Waals surface area contributed by atoms with Gasteiger partial charge in [-0.2, -0.15) is 5.10 Å². The highest BCUT2D eigenvalue weighted by atomic mass is 16.5. The summed E-state index contributed by atoms with van der Waals surface area (Å²) in [4.78, 5) is 14.7. The van der Waals surface area contributed by atoms with Crippen LogP contribution < -0.4 is 5.32 Å². The van der Waals surface area contributed by atoms with E-state index in [4.69, 9.17) is 4.74 Å². The molecule has 3 heterocycles. The van der Waals surface area contributed by atoms with Crippen LogP contribution in [0.4, 0.5) is 5.82 Å². The van der Waals surface area contributed by atoms with Gasteiger partial charge in [-0.3, -0.25) is 4.79 Å². The summed E-state index contributed by atoms with van der Waals surface area (Å²) >= 11 is 0. The maximum atomic E-state index is 12.7. The third-order valence-corrected chi connectivity index (χ3v) is 4.90. The summed E-state index contributed by atoms with van der Waals surface area (Å²) in [5.41, 5.74) is 4.00. The lowest BCUT2D eigenvalue weighted by Gasteiger charge is -2.32. The van der Waals surface area contributed by atoms with Crippen LogP contribution in [-0.2, 0) is 18.0 Å². The van der Waals surface area contributed by atoms with E-state index >= 15 is 0 Å². The van der Waals surface area contributed by atoms with E-state index in [0.717, 1.165) is 48.6 Å². The lowest BCUT2D eigenvalue weighted by Crippen LogP contribution is -2.42. The number of ether oxygens (including phenoxy) is 1. The van der Waals surface area contributed by atoms with Gasteiger partial charge in [0.05, 0.1) is 18.9 Å². The largest absolute Gasteiger partial charge is 0.372 e. The Morgan fingerprint density at radius 1 is 1.12 bits per heavy atom. The van der Waals surface area contributed by atoms with Gasteiger partial charge in [0.25, 0.3) is 5.91 Å². The average Bonchev–Trinajstić information content (AvgIpc) is 3.11. The number of aromatic nitrogens is 2. The van der Waals surface area contributed by atoms with Crippen LogP contribution in [0.15, 0.2) is 30.3 Å². The Bertz CT molecular complexity index is 767. The number of benzene rings is 1. The highest BCUT2D eigenvalue weighted by Crippen LogP contribution is 2.23. The smallest absolute Gasteiger partial charge is 0.253 e. The van der Waals surface area contributed by atoms with Gasteiger partial charge in [0.15, 0.2) is 0 Å². The summed E-state index contributed by atoms with van der Waals surface area (Å²) in [6, 6.07) is 10.1. The van der Waals surface area contributed by atoms with Crippen LogP contribution in [0.3, 0.4) is 0 Å². The maximum Gasteiger partial charge on any atom is 0.253 e. The van der Waals surface area contributed by atoms with Crippen molar-refractivity contribution in [2.24, 2.45) is 0 Å². The Kier molecular flexibility index (Phi) is 4.36. The Morgan fingerprint density at radius 3 is 2.68 bits per heavy atom. The molecule has 0 atom stereocenters. The molecule has 4 rings (SSSR count). The van der Waals surface area contributed by atoms with Crippen LogP contribution in [0.2, 0.25) is 0 Å². The Labute approximate surface area is 147 Å². The van der Waals surface area contributed by atoms with Gasteiger partial charge in [-0.25, -0.2) is 0 Å². The normalized spacial score (nSPS) is 17.4. The quantitative estimate of drug-likeness (QED) is 0.931. The van der Waals surface area contributed by atoms with Crippen LogP contribution in [0.1, 0.15) is 40.0 Å². The Morgan fingerprint density at radius 2 is 1.92 bits per heavy atom. The van der Waals surface area contributed by atoms with Gasteiger partial charge in [0.1, 0.15) is 5.82 Å². The van der Waals surface area contributed by atoms with Gasteiger partial charge in [0.2, 0.25) is 0 Å². The molecule has 2 aliphatic rings. The summed E-state index contributed by atoms with van der Waals surface area (Å²) in [5, 5.41) is 11.6. The number of carbonyl (C=O) groups excluding carboxylic acids is 1. The highest BCUT2D eigenvalue weighted by molar-refractivity contribution is 5.94. The van der Waals surface area contributed by atoms with E-state index < -0.39 is 0 Å². The molecular weight excluding hydrogens is 316 g/mol. The molecule has 0 aliphatic carbocycles. The van der Waals surface area contributed by atoms with Crippen molar-refractivity contribution in [3.05, 3.63) is 52.7 Å². The first-order chi connectivity index (χ1) is 12.2. The number of fused-ring (bicyclic) bond motifs is 1. The molecule has 1 aromatic carbocycles. The first-order valence-corrected chi connectivity index (χ1v) is 8.75. The fraction of sp³-hybridized carbons (Fsp3) is 0.421. The van der Waals surface area contributed by atoms with Crippen LogP contribution >= 0.6 is 0 Å². The van der Waals surface area contributed by atoms with E-state index in [9.17, 15) is 4.79 Å². The molecule has 1 fully saturated rings. The lowest BCUT2D eigenvalue weighted by atomic mass is 10.0. The van der Waals surface area contributed by atoms with Crippen LogP contribution in [0, 0.1) is 6.92 Å². The molecule has 0 spiro atoms. The second kappa shape index (κ2) is 6.80. The van der Waals surface area contributed by atoms with E-state index in [0.29, 0.717) is 19.3 Å². The van der Waals surface area contributed by atoms with E-state index in [1.165, 1.54) is 5.56 Å². The molecule has 0 saturated carbocycles. The number of piperidine rings is 1. The summed E-state index contributed by atoms with van der Waals surface area (Å²) in [5.74, 6) is 0.914. The third-order valence-electron chi connectivity index (χ3n) is 4.90. The SMILES string of the molecule is Cc1ccc(NC2CCN(C(=O)c3ccc4c(c3)COC4)CC2)nn1. The Balaban J connectivity index is 1.35. The van der Waals surface area contributed by atoms with Gasteiger partial charge < -0.3 is 15.0 Å². The van der Waals surface area contributed by atoms with Gasteiger partial charge >= 0.3 is 0 Å². The van der Waals surface area contributed by atoms with E-state index in [1.807, 2.05) is 42.2 Å².